The Morgan fingerprint density at radius 1 is 0.960 bits per heavy atom. The van der Waals surface area contributed by atoms with Gasteiger partial charge in [-0.25, -0.2) is 9.59 Å². The average molecular weight is 521 g/mol. The van der Waals surface area contributed by atoms with Crippen LogP contribution in [-0.2, 0) is 41.5 Å². The predicted molar refractivity (Wildman–Crippen MR) is 89.8 cm³/mol. The average Bonchev–Trinajstić information content (AvgIpc) is 2.54. The Kier molecular flexibility index (Phi) is 6.30. The molecule has 0 saturated carbocycles. The van der Waals surface area contributed by atoms with Gasteiger partial charge in [0.15, 0.2) is 0 Å². The van der Waals surface area contributed by atoms with Crippen molar-refractivity contribution in [2.75, 3.05) is 0 Å². The number of fused-ring (bicyclic) bond motifs is 3. The molecule has 3 rings (SSSR count). The van der Waals surface area contributed by atoms with E-state index in [9.17, 15) is 0 Å². The molecule has 0 aliphatic heterocycles. The molecule has 1 aromatic carbocycles. The number of carboxylic acids is 2. The normalized spacial score (nSPS) is 15.4. The fourth-order valence-electron chi connectivity index (χ4n) is 2.94. The summed E-state index contributed by atoms with van der Waals surface area (Å²) in [7, 11) is 0. The standard InChI is InChI=1S/C17H18N.C2H2O4.Pt/c1-16(2)13-9-6-5-8-12(13)15-14(17(16,3)4)10-7-11-18-15;3-1(4)2(5)6;/h5-7,9-11H,1-4H3;(H,3,4)(H,5,6);/q-1;;. The molecule has 0 fully saturated rings. The summed E-state index contributed by atoms with van der Waals surface area (Å²) in [5.41, 5.74) is 5.08. The number of benzene rings is 1. The minimum atomic E-state index is -1.82. The third kappa shape index (κ3) is 3.66. The number of rotatable bonds is 0. The number of hydrogen-bond acceptors (Lipinski definition) is 3. The van der Waals surface area contributed by atoms with E-state index in [2.05, 4.69) is 56.9 Å². The molecular weight excluding hydrogens is 501 g/mol. The van der Waals surface area contributed by atoms with E-state index in [1.54, 1.807) is 0 Å². The molecule has 0 unspecified atom stereocenters. The summed E-state index contributed by atoms with van der Waals surface area (Å²) >= 11 is 0. The van der Waals surface area contributed by atoms with E-state index >= 15 is 0 Å². The van der Waals surface area contributed by atoms with Gasteiger partial charge in [-0.1, -0.05) is 39.3 Å². The first kappa shape index (κ1) is 21.0. The van der Waals surface area contributed by atoms with Crippen molar-refractivity contribution in [3.05, 3.63) is 53.7 Å². The Morgan fingerprint density at radius 3 is 2.04 bits per heavy atom. The first-order chi connectivity index (χ1) is 11.1. The number of hydrogen-bond donors (Lipinski definition) is 2. The molecule has 2 aromatic rings. The van der Waals surface area contributed by atoms with Crippen LogP contribution >= 0.6 is 0 Å². The smallest absolute Gasteiger partial charge is 0.414 e. The second-order valence-electron chi connectivity index (χ2n) is 6.72. The second kappa shape index (κ2) is 7.49. The van der Waals surface area contributed by atoms with Crippen molar-refractivity contribution < 1.29 is 40.9 Å². The molecule has 0 saturated heterocycles. The van der Waals surface area contributed by atoms with Crippen LogP contribution < -0.4 is 0 Å². The van der Waals surface area contributed by atoms with Crippen LogP contribution in [0.1, 0.15) is 38.8 Å². The van der Waals surface area contributed by atoms with Crippen LogP contribution in [0.5, 0.6) is 0 Å². The van der Waals surface area contributed by atoms with Gasteiger partial charge >= 0.3 is 11.9 Å². The number of aliphatic carboxylic acids is 2. The van der Waals surface area contributed by atoms with Gasteiger partial charge in [0.1, 0.15) is 0 Å². The van der Waals surface area contributed by atoms with Crippen molar-refractivity contribution in [3.8, 4) is 11.3 Å². The van der Waals surface area contributed by atoms with Crippen LogP contribution in [0.25, 0.3) is 11.3 Å². The van der Waals surface area contributed by atoms with Gasteiger partial charge in [0.05, 0.1) is 0 Å². The van der Waals surface area contributed by atoms with Crippen molar-refractivity contribution in [2.24, 2.45) is 0 Å². The van der Waals surface area contributed by atoms with E-state index in [4.69, 9.17) is 19.8 Å². The van der Waals surface area contributed by atoms with Gasteiger partial charge < -0.3 is 15.2 Å². The third-order valence-corrected chi connectivity index (χ3v) is 4.99. The summed E-state index contributed by atoms with van der Waals surface area (Å²) in [5, 5.41) is 14.8. The Bertz CT molecular complexity index is 732. The van der Waals surface area contributed by atoms with E-state index in [0.717, 1.165) is 11.3 Å². The molecule has 1 aliphatic carbocycles. The van der Waals surface area contributed by atoms with E-state index in [-0.39, 0.29) is 31.9 Å². The van der Waals surface area contributed by atoms with Crippen molar-refractivity contribution in [1.29, 1.82) is 0 Å². The second-order valence-corrected chi connectivity index (χ2v) is 6.72. The third-order valence-electron chi connectivity index (χ3n) is 4.99. The molecule has 0 radical (unpaired) electrons. The summed E-state index contributed by atoms with van der Waals surface area (Å²) < 4.78 is 0. The zero-order valence-electron chi connectivity index (χ0n) is 14.4. The molecule has 1 aliphatic rings. The van der Waals surface area contributed by atoms with Crippen LogP contribution in [0.2, 0.25) is 0 Å². The van der Waals surface area contributed by atoms with E-state index in [0.29, 0.717) is 0 Å². The molecule has 0 bridgehead atoms. The summed E-state index contributed by atoms with van der Waals surface area (Å²) in [6.07, 6.45) is 1.87. The maximum Gasteiger partial charge on any atom is 0.414 e. The predicted octanol–water partition coefficient (Wildman–Crippen LogP) is 3.27. The Hall–Kier alpha value is -2.00. The summed E-state index contributed by atoms with van der Waals surface area (Å²) in [6.45, 7) is 9.25. The molecule has 0 spiro atoms. The van der Waals surface area contributed by atoms with Crippen LogP contribution in [0.15, 0.2) is 36.5 Å². The molecule has 0 amide bonds. The quantitative estimate of drug-likeness (QED) is 0.411. The van der Waals surface area contributed by atoms with E-state index < -0.39 is 11.9 Å². The van der Waals surface area contributed by atoms with Crippen LogP contribution in [0.3, 0.4) is 0 Å². The van der Waals surface area contributed by atoms with Crippen molar-refractivity contribution in [3.63, 3.8) is 0 Å². The first-order valence-corrected chi connectivity index (χ1v) is 7.54. The number of aromatic nitrogens is 1. The molecule has 5 nitrogen and oxygen atoms in total. The van der Waals surface area contributed by atoms with Gasteiger partial charge in [-0.15, -0.1) is 35.4 Å². The number of nitrogens with zero attached hydrogens (tertiary/aromatic N) is 1. The van der Waals surface area contributed by atoms with E-state index in [1.807, 2.05) is 18.3 Å². The molecular formula is C19H20NO4Pt-. The van der Waals surface area contributed by atoms with Gasteiger partial charge in [-0.05, 0) is 22.6 Å². The largest absolute Gasteiger partial charge is 0.473 e. The summed E-state index contributed by atoms with van der Waals surface area (Å²) in [6, 6.07) is 13.9. The number of carbonyl (C=O) groups is 2. The van der Waals surface area contributed by atoms with Gasteiger partial charge in [0, 0.05) is 27.3 Å². The maximum atomic E-state index is 9.10. The minimum absolute atomic E-state index is 0. The molecule has 25 heavy (non-hydrogen) atoms. The van der Waals surface area contributed by atoms with Crippen molar-refractivity contribution in [1.82, 2.24) is 4.98 Å². The summed E-state index contributed by atoms with van der Waals surface area (Å²) in [4.78, 5) is 22.8. The van der Waals surface area contributed by atoms with Crippen molar-refractivity contribution >= 4 is 11.9 Å². The number of pyridine rings is 1. The van der Waals surface area contributed by atoms with Crippen LogP contribution in [0, 0.1) is 6.07 Å². The monoisotopic (exact) mass is 521 g/mol. The molecule has 6 heteroatoms. The minimum Gasteiger partial charge on any atom is -0.473 e. The number of carboxylic acid groups (broad SMARTS) is 2. The SMILES string of the molecule is CC1(C)c2ccc[c-]c2-c2ncccc2C1(C)C.O=C(O)C(=O)O.[Pt]. The fraction of sp³-hybridized carbons (Fsp3) is 0.316. The molecule has 1 aromatic heterocycles. The zero-order valence-corrected chi connectivity index (χ0v) is 16.7. The van der Waals surface area contributed by atoms with Crippen LogP contribution in [0.4, 0.5) is 0 Å². The summed E-state index contributed by atoms with van der Waals surface area (Å²) in [5.74, 6) is -3.65. The zero-order chi connectivity index (χ0) is 18.1. The Labute approximate surface area is 161 Å². The Morgan fingerprint density at radius 2 is 1.48 bits per heavy atom. The molecule has 0 atom stereocenters. The van der Waals surface area contributed by atoms with Crippen molar-refractivity contribution in [2.45, 2.75) is 38.5 Å². The van der Waals surface area contributed by atoms with Crippen LogP contribution in [-0.4, -0.2) is 27.1 Å². The van der Waals surface area contributed by atoms with Gasteiger partial charge in [-0.3, -0.25) is 0 Å². The molecule has 136 valence electrons. The Balaban J connectivity index is 0.000000390. The molecule has 2 N–H and O–H groups in total. The molecule has 1 heterocycles. The van der Waals surface area contributed by atoms with Gasteiger partial charge in [0.25, 0.3) is 0 Å². The fourth-order valence-corrected chi connectivity index (χ4v) is 2.94. The first-order valence-electron chi connectivity index (χ1n) is 7.54. The van der Waals surface area contributed by atoms with Gasteiger partial charge in [0.2, 0.25) is 0 Å². The van der Waals surface area contributed by atoms with Gasteiger partial charge in [-0.2, -0.15) is 0 Å². The van der Waals surface area contributed by atoms with E-state index in [1.165, 1.54) is 11.1 Å². The topological polar surface area (TPSA) is 87.5 Å². The maximum absolute atomic E-state index is 9.10.